The van der Waals surface area contributed by atoms with E-state index in [9.17, 15) is 0 Å². The molecule has 0 atom stereocenters. The molecule has 0 amide bonds. The Balaban J connectivity index is 0.000000234. The average Bonchev–Trinajstić information content (AvgIpc) is 3.54. The predicted molar refractivity (Wildman–Crippen MR) is 350 cm³/mol. The van der Waals surface area contributed by atoms with E-state index < -0.39 is 76.8 Å². The van der Waals surface area contributed by atoms with E-state index in [0.29, 0.717) is 11.8 Å². The van der Waals surface area contributed by atoms with E-state index in [1.807, 2.05) is 0 Å². The number of rotatable bonds is 32. The zero-order valence-electron chi connectivity index (χ0n) is 54.4. The summed E-state index contributed by atoms with van der Waals surface area (Å²) in [5.74, 6) is 8.32. The van der Waals surface area contributed by atoms with Crippen molar-refractivity contribution in [2.45, 2.75) is 347 Å². The minimum atomic E-state index is -3.50. The summed E-state index contributed by atoms with van der Waals surface area (Å²) in [5, 5.41) is 0. The monoisotopic (exact) mass is 1550 g/mol. The summed E-state index contributed by atoms with van der Waals surface area (Å²) in [6, 6.07) is 0. The Kier molecular flexibility index (Phi) is 34.6. The van der Waals surface area contributed by atoms with Crippen LogP contribution in [-0.4, -0.2) is 103 Å². The molecule has 0 aromatic heterocycles. The number of hydrogen-bond donors (Lipinski definition) is 0. The fraction of sp³-hybridized carbons (Fsp3) is 1.00. The summed E-state index contributed by atoms with van der Waals surface area (Å²) in [7, 11) is 0. The van der Waals surface area contributed by atoms with Crippen molar-refractivity contribution in [3.05, 3.63) is 0 Å². The topological polar surface area (TPSA) is 55.4 Å². The van der Waals surface area contributed by atoms with Crippen LogP contribution in [0.25, 0.3) is 0 Å². The molecule has 0 heterocycles. The van der Waals surface area contributed by atoms with Crippen LogP contribution in [0.3, 0.4) is 0 Å². The molecule has 0 spiro atoms. The fourth-order valence-corrected chi connectivity index (χ4v) is 108. The van der Waals surface area contributed by atoms with E-state index in [1.54, 1.807) is 0 Å². The van der Waals surface area contributed by atoms with Crippen LogP contribution >= 0.6 is 0 Å². The zero-order valence-corrected chi connectivity index (χ0v) is 65.8. The first-order valence-electron chi connectivity index (χ1n) is 37.0. The third-order valence-electron chi connectivity index (χ3n) is 22.3. The van der Waals surface area contributed by atoms with Crippen LogP contribution in [0.4, 0.5) is 0 Å². The first kappa shape index (κ1) is 70.4. The Bertz CT molecular complexity index is 1360. The third kappa shape index (κ3) is 26.0. The van der Waals surface area contributed by atoms with Crippen LogP contribution in [-0.2, 0) is 15.1 Å². The van der Waals surface area contributed by atoms with E-state index in [0.717, 1.165) is 73.8 Å². The zero-order chi connectivity index (χ0) is 56.2. The van der Waals surface area contributed by atoms with E-state index in [2.05, 4.69) is 41.5 Å². The molecule has 0 N–H and O–H groups in total. The summed E-state index contributed by atoms with van der Waals surface area (Å²) in [6.07, 6.45) is 59.9. The molecule has 8 saturated carbocycles. The first-order chi connectivity index (χ1) is 39.0. The Hall–Kier alpha value is 2.95. The van der Waals surface area contributed by atoms with Crippen LogP contribution in [0.5, 0.6) is 0 Å². The van der Waals surface area contributed by atoms with Gasteiger partial charge in [0, 0.05) is 0 Å². The first-order valence-corrected chi connectivity index (χ1v) is 62.4. The van der Waals surface area contributed by atoms with Gasteiger partial charge < -0.3 is 0 Å². The van der Waals surface area contributed by atoms with Crippen LogP contribution in [0.15, 0.2) is 0 Å². The molecule has 8 aliphatic rings. The Morgan fingerprint density at radius 1 is 0.250 bits per heavy atom. The maximum atomic E-state index is 8.38. The molecule has 0 bridgehead atoms. The molecular formula is C70H136O6Sn4. The van der Waals surface area contributed by atoms with Crippen molar-refractivity contribution in [2.75, 3.05) is 26.4 Å². The van der Waals surface area contributed by atoms with Gasteiger partial charge in [-0.25, -0.2) is 0 Å². The van der Waals surface area contributed by atoms with Crippen LogP contribution < -0.4 is 0 Å². The summed E-state index contributed by atoms with van der Waals surface area (Å²) >= 11 is -13.7. The van der Waals surface area contributed by atoms with Gasteiger partial charge in [-0.1, -0.05) is 0 Å². The molecule has 10 heteroatoms. The van der Waals surface area contributed by atoms with Crippen molar-refractivity contribution < 1.29 is 15.1 Å². The van der Waals surface area contributed by atoms with Gasteiger partial charge in [-0.15, -0.1) is 0 Å². The third-order valence-corrected chi connectivity index (χ3v) is 91.2. The second-order valence-electron chi connectivity index (χ2n) is 30.4. The molecule has 0 aromatic carbocycles. The van der Waals surface area contributed by atoms with Gasteiger partial charge in [0.2, 0.25) is 0 Å². The molecule has 8 aliphatic carbocycles. The Morgan fingerprint density at radius 3 is 0.562 bits per heavy atom. The molecular weight excluding hydrogens is 1410 g/mol. The van der Waals surface area contributed by atoms with Crippen LogP contribution in [0.1, 0.15) is 311 Å². The fourth-order valence-electron chi connectivity index (χ4n) is 18.1. The van der Waals surface area contributed by atoms with Gasteiger partial charge in [0.25, 0.3) is 0 Å². The maximum absolute atomic E-state index is 8.38. The summed E-state index contributed by atoms with van der Waals surface area (Å²) in [5.41, 5.74) is 0. The molecule has 0 unspecified atom stereocenters. The van der Waals surface area contributed by atoms with Crippen LogP contribution in [0.2, 0.25) is 35.5 Å². The van der Waals surface area contributed by atoms with Crippen LogP contribution in [0, 0.1) is 59.2 Å². The molecule has 0 aliphatic heterocycles. The van der Waals surface area contributed by atoms with Crippen molar-refractivity contribution in [2.24, 2.45) is 59.2 Å². The van der Waals surface area contributed by atoms with E-state index in [1.165, 1.54) is 305 Å². The van der Waals surface area contributed by atoms with Crippen molar-refractivity contribution in [3.8, 4) is 0 Å². The quantitative estimate of drug-likeness (QED) is 0.0626. The van der Waals surface area contributed by atoms with Crippen molar-refractivity contribution in [1.82, 2.24) is 0 Å². The SMILES string of the molecule is CC(C)CC[O][Sn]([CH2]C1CCCCC1)([CH2]C1CCCCC1)[O][Sn]([CH2]C1CCCCC1)([CH2]C1CCCCC1)[O]CCC(C)C.CC[O][Sn]([CH2]C1CCCCC1)([CH2]C1CCCCC1)[O][Sn]([CH2]C1CCCCC1)([CH2]C1CCCCC1)[O]CC. The van der Waals surface area contributed by atoms with Gasteiger partial charge in [-0.3, -0.25) is 0 Å². The summed E-state index contributed by atoms with van der Waals surface area (Å²) in [4.78, 5) is 0. The van der Waals surface area contributed by atoms with Gasteiger partial charge in [0.05, 0.1) is 0 Å². The van der Waals surface area contributed by atoms with E-state index in [-0.39, 0.29) is 0 Å². The van der Waals surface area contributed by atoms with Gasteiger partial charge in [-0.05, 0) is 0 Å². The van der Waals surface area contributed by atoms with Crippen molar-refractivity contribution >= 4 is 76.8 Å². The Labute approximate surface area is 518 Å². The number of hydrogen-bond acceptors (Lipinski definition) is 6. The molecule has 8 fully saturated rings. The van der Waals surface area contributed by atoms with E-state index in [4.69, 9.17) is 15.1 Å². The Morgan fingerprint density at radius 2 is 0.412 bits per heavy atom. The molecule has 0 aromatic rings. The normalized spacial score (nSPS) is 23.7. The standard InChI is InChI=1S/8C7H13.2C5H11O.2C2H5O.2O.4Sn/c8*1-7-5-3-2-4-6-7;2*1-5(2)3-4-6;2*1-2-3;;;;;;/h8*7H,1-6H2;2*5H,3-4H2,1-2H3;2*2H2,1H3;;;;;;/q;;;;;;;;4*-1;;;4*+1. The minimum absolute atomic E-state index is 0.702. The summed E-state index contributed by atoms with van der Waals surface area (Å²) < 4.78 is 56.8. The van der Waals surface area contributed by atoms with Crippen molar-refractivity contribution in [3.63, 3.8) is 0 Å². The molecule has 0 saturated heterocycles. The predicted octanol–water partition coefficient (Wildman–Crippen LogP) is 22.6. The molecule has 0 radical (unpaired) electrons. The van der Waals surface area contributed by atoms with Gasteiger partial charge in [-0.2, -0.15) is 0 Å². The second-order valence-corrected chi connectivity index (χ2v) is 72.8. The van der Waals surface area contributed by atoms with E-state index >= 15 is 0 Å². The molecule has 6 nitrogen and oxygen atoms in total. The van der Waals surface area contributed by atoms with Crippen molar-refractivity contribution in [1.29, 1.82) is 0 Å². The summed E-state index contributed by atoms with van der Waals surface area (Å²) in [6.45, 7) is 17.7. The van der Waals surface area contributed by atoms with Gasteiger partial charge >= 0.3 is 524 Å². The molecule has 468 valence electrons. The average molecular weight is 1550 g/mol. The van der Waals surface area contributed by atoms with Gasteiger partial charge in [0.1, 0.15) is 0 Å². The second kappa shape index (κ2) is 39.3. The molecule has 8 rings (SSSR count). The molecule has 80 heavy (non-hydrogen) atoms. The van der Waals surface area contributed by atoms with Gasteiger partial charge in [0.15, 0.2) is 0 Å².